The third-order valence-electron chi connectivity index (χ3n) is 5.36. The molecular formula is C24H32O7. The topological polar surface area (TPSA) is 64.6 Å². The van der Waals surface area contributed by atoms with Crippen LogP contribution in [0.2, 0.25) is 0 Å². The number of hydrogen-bond acceptors (Lipinski definition) is 7. The van der Waals surface area contributed by atoms with E-state index >= 15 is 0 Å². The van der Waals surface area contributed by atoms with Crippen LogP contribution >= 0.6 is 0 Å². The van der Waals surface area contributed by atoms with Crippen molar-refractivity contribution in [3.05, 3.63) is 65.7 Å². The molecule has 0 spiro atoms. The highest BCUT2D eigenvalue weighted by atomic mass is 16.7. The molecule has 31 heavy (non-hydrogen) atoms. The smallest absolute Gasteiger partial charge is 0.186 e. The fraction of sp³-hybridized carbons (Fsp3) is 0.500. The van der Waals surface area contributed by atoms with E-state index in [1.54, 1.807) is 28.4 Å². The van der Waals surface area contributed by atoms with Gasteiger partial charge in [0.25, 0.3) is 0 Å². The largest absolute Gasteiger partial charge is 0.497 e. The lowest BCUT2D eigenvalue weighted by Gasteiger charge is -2.44. The van der Waals surface area contributed by atoms with Gasteiger partial charge in [-0.15, -0.1) is 0 Å². The monoisotopic (exact) mass is 432 g/mol. The third-order valence-corrected chi connectivity index (χ3v) is 5.36. The first-order valence-corrected chi connectivity index (χ1v) is 10.3. The van der Waals surface area contributed by atoms with Gasteiger partial charge in [-0.3, -0.25) is 0 Å². The van der Waals surface area contributed by atoms with Gasteiger partial charge in [0.15, 0.2) is 6.29 Å². The lowest BCUT2D eigenvalue weighted by Crippen LogP contribution is -2.61. The van der Waals surface area contributed by atoms with Crippen LogP contribution in [-0.4, -0.2) is 65.8 Å². The van der Waals surface area contributed by atoms with Crippen molar-refractivity contribution in [3.63, 3.8) is 0 Å². The van der Waals surface area contributed by atoms with E-state index in [4.69, 9.17) is 33.2 Å². The van der Waals surface area contributed by atoms with E-state index < -0.39 is 18.5 Å². The predicted molar refractivity (Wildman–Crippen MR) is 115 cm³/mol. The molecule has 0 aliphatic carbocycles. The molecule has 0 bridgehead atoms. The average molecular weight is 433 g/mol. The molecule has 0 unspecified atom stereocenters. The van der Waals surface area contributed by atoms with Crippen molar-refractivity contribution in [2.24, 2.45) is 0 Å². The van der Waals surface area contributed by atoms with Gasteiger partial charge in [0.1, 0.15) is 30.2 Å². The van der Waals surface area contributed by atoms with Crippen LogP contribution in [0.1, 0.15) is 11.1 Å². The van der Waals surface area contributed by atoms with Crippen LogP contribution in [0.4, 0.5) is 0 Å². The van der Waals surface area contributed by atoms with Gasteiger partial charge in [-0.2, -0.15) is 0 Å². The molecule has 2 aromatic carbocycles. The molecule has 0 amide bonds. The molecule has 170 valence electrons. The zero-order valence-electron chi connectivity index (χ0n) is 18.6. The molecule has 0 aromatic heterocycles. The maximum absolute atomic E-state index is 6.28. The van der Waals surface area contributed by atoms with Crippen molar-refractivity contribution in [3.8, 4) is 5.75 Å². The van der Waals surface area contributed by atoms with Crippen molar-refractivity contribution in [1.82, 2.24) is 0 Å². The highest BCUT2D eigenvalue weighted by Gasteiger charge is 2.47. The van der Waals surface area contributed by atoms with Crippen LogP contribution < -0.4 is 4.74 Å². The summed E-state index contributed by atoms with van der Waals surface area (Å²) in [6, 6.07) is 17.8. The highest BCUT2D eigenvalue weighted by Crippen LogP contribution is 2.29. The SMILES string of the molecule is COc1ccc(CO[C@H]2[C@H](OC)[C@@H](OC)[C@@H](OC)O[C@@H]2COCc2ccccc2)cc1. The second kappa shape index (κ2) is 12.1. The minimum Gasteiger partial charge on any atom is -0.497 e. The summed E-state index contributed by atoms with van der Waals surface area (Å²) in [5.74, 6) is 0.800. The molecule has 0 N–H and O–H groups in total. The maximum atomic E-state index is 6.28. The first-order chi connectivity index (χ1) is 15.2. The van der Waals surface area contributed by atoms with E-state index in [0.29, 0.717) is 19.8 Å². The Balaban J connectivity index is 1.69. The van der Waals surface area contributed by atoms with E-state index in [2.05, 4.69) is 0 Å². The second-order valence-corrected chi connectivity index (χ2v) is 7.30. The van der Waals surface area contributed by atoms with Crippen LogP contribution in [0.15, 0.2) is 54.6 Å². The molecule has 1 aliphatic heterocycles. The third kappa shape index (κ3) is 6.26. The number of hydrogen-bond donors (Lipinski definition) is 0. The van der Waals surface area contributed by atoms with Crippen LogP contribution in [0.25, 0.3) is 0 Å². The number of benzene rings is 2. The first kappa shape index (κ1) is 23.7. The molecule has 1 saturated heterocycles. The Kier molecular flexibility index (Phi) is 9.27. The first-order valence-electron chi connectivity index (χ1n) is 10.3. The summed E-state index contributed by atoms with van der Waals surface area (Å²) in [6.07, 6.45) is -2.18. The Morgan fingerprint density at radius 1 is 0.710 bits per heavy atom. The van der Waals surface area contributed by atoms with Gasteiger partial charge in [-0.05, 0) is 23.3 Å². The molecule has 0 saturated carbocycles. The fourth-order valence-corrected chi connectivity index (χ4v) is 3.70. The second-order valence-electron chi connectivity index (χ2n) is 7.30. The Labute approximate surface area is 184 Å². The summed E-state index contributed by atoms with van der Waals surface area (Å²) in [6.45, 7) is 1.20. The quantitative estimate of drug-likeness (QED) is 0.540. The summed E-state index contributed by atoms with van der Waals surface area (Å²) < 4.78 is 40.5. The number of methoxy groups -OCH3 is 4. The lowest BCUT2D eigenvalue weighted by molar-refractivity contribution is -0.313. The van der Waals surface area contributed by atoms with Gasteiger partial charge in [0, 0.05) is 21.3 Å². The summed E-state index contributed by atoms with van der Waals surface area (Å²) >= 11 is 0. The van der Waals surface area contributed by atoms with Crippen molar-refractivity contribution < 1.29 is 33.2 Å². The standard InChI is InChI=1S/C24H32O7/c1-25-19-12-10-18(11-13-19)15-30-21-20(16-29-14-17-8-6-5-7-9-17)31-24(28-4)23(27-3)22(21)26-2/h5-13,20-24H,14-16H2,1-4H3/t20-,21-,22+,23-,24+/m1/s1. The van der Waals surface area contributed by atoms with Crippen LogP contribution in [-0.2, 0) is 41.6 Å². The van der Waals surface area contributed by atoms with Gasteiger partial charge in [0.05, 0.1) is 26.9 Å². The maximum Gasteiger partial charge on any atom is 0.186 e. The van der Waals surface area contributed by atoms with Crippen LogP contribution in [0.3, 0.4) is 0 Å². The van der Waals surface area contributed by atoms with E-state index in [0.717, 1.165) is 16.9 Å². The van der Waals surface area contributed by atoms with Gasteiger partial charge >= 0.3 is 0 Å². The van der Waals surface area contributed by atoms with E-state index in [1.165, 1.54) is 0 Å². The van der Waals surface area contributed by atoms with Crippen molar-refractivity contribution in [2.75, 3.05) is 35.0 Å². The summed E-state index contributed by atoms with van der Waals surface area (Å²) in [4.78, 5) is 0. The predicted octanol–water partition coefficient (Wildman–Crippen LogP) is 3.20. The Bertz CT molecular complexity index is 752. The molecule has 1 fully saturated rings. The molecule has 5 atom stereocenters. The van der Waals surface area contributed by atoms with Crippen molar-refractivity contribution >= 4 is 0 Å². The van der Waals surface area contributed by atoms with Gasteiger partial charge in [-0.25, -0.2) is 0 Å². The van der Waals surface area contributed by atoms with E-state index in [1.807, 2.05) is 54.6 Å². The van der Waals surface area contributed by atoms with Gasteiger partial charge < -0.3 is 33.2 Å². The molecule has 2 aromatic rings. The number of rotatable bonds is 11. The molecular weight excluding hydrogens is 400 g/mol. The zero-order valence-corrected chi connectivity index (χ0v) is 18.6. The Hall–Kier alpha value is -2.00. The van der Waals surface area contributed by atoms with Gasteiger partial charge in [-0.1, -0.05) is 42.5 Å². The summed E-state index contributed by atoms with van der Waals surface area (Å²) in [5.41, 5.74) is 2.11. The molecule has 3 rings (SSSR count). The van der Waals surface area contributed by atoms with Gasteiger partial charge in [0.2, 0.25) is 0 Å². The van der Waals surface area contributed by atoms with Crippen molar-refractivity contribution in [2.45, 2.75) is 43.9 Å². The lowest BCUT2D eigenvalue weighted by atomic mass is 9.98. The summed E-state index contributed by atoms with van der Waals surface area (Å²) in [7, 11) is 6.48. The number of ether oxygens (including phenoxy) is 7. The summed E-state index contributed by atoms with van der Waals surface area (Å²) in [5, 5.41) is 0. The Morgan fingerprint density at radius 2 is 1.39 bits per heavy atom. The molecule has 7 nitrogen and oxygen atoms in total. The molecule has 0 radical (unpaired) electrons. The normalized spacial score (nSPS) is 26.0. The minimum absolute atomic E-state index is 0.332. The fourth-order valence-electron chi connectivity index (χ4n) is 3.70. The van der Waals surface area contributed by atoms with Crippen LogP contribution in [0.5, 0.6) is 5.75 Å². The highest BCUT2D eigenvalue weighted by molar-refractivity contribution is 5.26. The van der Waals surface area contributed by atoms with E-state index in [9.17, 15) is 0 Å². The zero-order chi connectivity index (χ0) is 22.1. The van der Waals surface area contributed by atoms with Crippen LogP contribution in [0, 0.1) is 0 Å². The minimum atomic E-state index is -0.582. The Morgan fingerprint density at radius 3 is 2.00 bits per heavy atom. The average Bonchev–Trinajstić information content (AvgIpc) is 2.83. The molecule has 1 aliphatic rings. The van der Waals surface area contributed by atoms with Crippen molar-refractivity contribution in [1.29, 1.82) is 0 Å². The molecule has 7 heteroatoms. The van der Waals surface area contributed by atoms with E-state index in [-0.39, 0.29) is 12.2 Å². The molecule has 1 heterocycles.